The van der Waals surface area contributed by atoms with E-state index in [0.29, 0.717) is 5.95 Å². The number of nitrogens with one attached hydrogen (secondary N) is 2. The number of hydrogen-bond donors (Lipinski definition) is 2. The van der Waals surface area contributed by atoms with E-state index in [1.165, 1.54) is 16.0 Å². The molecule has 27 heavy (non-hydrogen) atoms. The van der Waals surface area contributed by atoms with E-state index in [0.717, 1.165) is 35.4 Å². The van der Waals surface area contributed by atoms with Gasteiger partial charge in [-0.05, 0) is 67.1 Å². The Morgan fingerprint density at radius 1 is 0.926 bits per heavy atom. The number of thiophene rings is 1. The van der Waals surface area contributed by atoms with Crippen LogP contribution in [0.3, 0.4) is 0 Å². The zero-order chi connectivity index (χ0) is 18.6. The first-order valence-electron chi connectivity index (χ1n) is 9.06. The molecule has 0 unspecified atom stereocenters. The number of rotatable bonds is 6. The van der Waals surface area contributed by atoms with Crippen molar-refractivity contribution in [3.63, 3.8) is 0 Å². The molecule has 0 atom stereocenters. The largest absolute Gasteiger partial charge is 0.369 e. The van der Waals surface area contributed by atoms with Gasteiger partial charge in [-0.3, -0.25) is 0 Å². The molecule has 0 fully saturated rings. The third-order valence-corrected chi connectivity index (χ3v) is 5.26. The maximum Gasteiger partial charge on any atom is 0.229 e. The van der Waals surface area contributed by atoms with Gasteiger partial charge in [0.2, 0.25) is 5.95 Å². The molecule has 4 rings (SSSR count). The molecular weight excluding hydrogens is 352 g/mol. The molecule has 0 radical (unpaired) electrons. The summed E-state index contributed by atoms with van der Waals surface area (Å²) in [5.41, 5.74) is 4.37. The summed E-state index contributed by atoms with van der Waals surface area (Å²) in [5, 5.41) is 10.0. The van der Waals surface area contributed by atoms with E-state index < -0.39 is 0 Å². The molecule has 2 aromatic heterocycles. The van der Waals surface area contributed by atoms with Crippen molar-refractivity contribution in [1.29, 1.82) is 0 Å². The van der Waals surface area contributed by atoms with Crippen molar-refractivity contribution in [3.05, 3.63) is 76.0 Å². The fourth-order valence-electron chi connectivity index (χ4n) is 3.20. The lowest BCUT2D eigenvalue weighted by Gasteiger charge is -2.12. The van der Waals surface area contributed by atoms with E-state index in [2.05, 4.69) is 71.2 Å². The van der Waals surface area contributed by atoms with Gasteiger partial charge in [-0.15, -0.1) is 11.3 Å². The second-order valence-corrected chi connectivity index (χ2v) is 7.70. The van der Waals surface area contributed by atoms with Gasteiger partial charge in [0.25, 0.3) is 0 Å². The Balaban J connectivity index is 1.61. The summed E-state index contributed by atoms with van der Waals surface area (Å²) in [5.74, 6) is 1.47. The van der Waals surface area contributed by atoms with Gasteiger partial charge in [-0.2, -0.15) is 4.98 Å². The van der Waals surface area contributed by atoms with Gasteiger partial charge in [0.15, 0.2) is 0 Å². The first-order chi connectivity index (χ1) is 13.2. The number of para-hydroxylation sites is 1. The Labute approximate surface area is 163 Å². The number of anilines is 3. The minimum absolute atomic E-state index is 0.609. The van der Waals surface area contributed by atoms with Crippen molar-refractivity contribution in [3.8, 4) is 0 Å². The van der Waals surface area contributed by atoms with Crippen molar-refractivity contribution in [1.82, 2.24) is 9.97 Å². The Morgan fingerprint density at radius 3 is 2.52 bits per heavy atom. The molecule has 136 valence electrons. The molecule has 5 heteroatoms. The minimum atomic E-state index is 0.609. The van der Waals surface area contributed by atoms with Crippen LogP contribution in [0.25, 0.3) is 10.9 Å². The van der Waals surface area contributed by atoms with Crippen LogP contribution < -0.4 is 10.6 Å². The molecule has 0 aliphatic carbocycles. The van der Waals surface area contributed by atoms with Gasteiger partial charge < -0.3 is 10.6 Å². The number of benzene rings is 2. The highest BCUT2D eigenvalue weighted by Crippen LogP contribution is 2.24. The highest BCUT2D eigenvalue weighted by atomic mass is 32.1. The molecule has 2 aromatic carbocycles. The fraction of sp³-hybridized carbons (Fsp3) is 0.182. The van der Waals surface area contributed by atoms with E-state index in [1.54, 1.807) is 11.3 Å². The van der Waals surface area contributed by atoms with Crippen LogP contribution in [-0.2, 0) is 6.42 Å². The van der Waals surface area contributed by atoms with Crippen LogP contribution in [-0.4, -0.2) is 16.5 Å². The monoisotopic (exact) mass is 374 g/mol. The second-order valence-electron chi connectivity index (χ2n) is 6.67. The van der Waals surface area contributed by atoms with E-state index in [1.807, 2.05) is 18.2 Å². The zero-order valence-electron chi connectivity index (χ0n) is 15.5. The Kier molecular flexibility index (Phi) is 5.03. The van der Waals surface area contributed by atoms with E-state index in [4.69, 9.17) is 4.98 Å². The van der Waals surface area contributed by atoms with Crippen LogP contribution >= 0.6 is 11.3 Å². The lowest BCUT2D eigenvalue weighted by Crippen LogP contribution is -2.08. The van der Waals surface area contributed by atoms with Crippen LogP contribution in [0.2, 0.25) is 0 Å². The Bertz CT molecular complexity index is 1040. The molecule has 0 bridgehead atoms. The molecule has 0 saturated heterocycles. The Hall–Kier alpha value is -2.92. The first-order valence-corrected chi connectivity index (χ1v) is 9.94. The molecule has 2 N–H and O–H groups in total. The summed E-state index contributed by atoms with van der Waals surface area (Å²) in [6.07, 6.45) is 0.982. The average molecular weight is 375 g/mol. The van der Waals surface area contributed by atoms with Gasteiger partial charge in [-0.1, -0.05) is 24.3 Å². The van der Waals surface area contributed by atoms with Crippen LogP contribution in [0, 0.1) is 13.8 Å². The van der Waals surface area contributed by atoms with E-state index in [-0.39, 0.29) is 0 Å². The summed E-state index contributed by atoms with van der Waals surface area (Å²) in [4.78, 5) is 10.8. The maximum atomic E-state index is 4.74. The quantitative estimate of drug-likeness (QED) is 0.454. The highest BCUT2D eigenvalue weighted by molar-refractivity contribution is 7.09. The molecular formula is C22H22N4S. The third kappa shape index (κ3) is 4.26. The lowest BCUT2D eigenvalue weighted by molar-refractivity contribution is 1.03. The molecule has 0 saturated carbocycles. The van der Waals surface area contributed by atoms with Crippen LogP contribution in [0.1, 0.15) is 16.0 Å². The predicted octanol–water partition coefficient (Wildman–Crippen LogP) is 5.71. The fourth-order valence-corrected chi connectivity index (χ4v) is 3.91. The number of aromatic nitrogens is 2. The van der Waals surface area contributed by atoms with E-state index >= 15 is 0 Å². The SMILES string of the molecule is Cc1cc(C)cc(Nc2nc(NCCc3cccs3)c3ccccc3n2)c1. The van der Waals surface area contributed by atoms with Crippen molar-refractivity contribution < 1.29 is 0 Å². The highest BCUT2D eigenvalue weighted by Gasteiger charge is 2.08. The van der Waals surface area contributed by atoms with Crippen molar-refractivity contribution in [2.24, 2.45) is 0 Å². The zero-order valence-corrected chi connectivity index (χ0v) is 16.3. The summed E-state index contributed by atoms with van der Waals surface area (Å²) >= 11 is 1.78. The Morgan fingerprint density at radius 2 is 1.74 bits per heavy atom. The summed E-state index contributed by atoms with van der Waals surface area (Å²) in [7, 11) is 0. The van der Waals surface area contributed by atoms with Gasteiger partial charge in [-0.25, -0.2) is 4.98 Å². The molecule has 2 heterocycles. The third-order valence-electron chi connectivity index (χ3n) is 4.33. The van der Waals surface area contributed by atoms with Crippen molar-refractivity contribution in [2.45, 2.75) is 20.3 Å². The van der Waals surface area contributed by atoms with Gasteiger partial charge in [0.1, 0.15) is 5.82 Å². The summed E-state index contributed by atoms with van der Waals surface area (Å²) in [6, 6.07) is 18.7. The number of fused-ring (bicyclic) bond motifs is 1. The van der Waals surface area contributed by atoms with Crippen molar-refractivity contribution >= 4 is 39.7 Å². The standard InChI is InChI=1S/C22H22N4S/c1-15-12-16(2)14-17(13-15)24-22-25-20-8-4-3-7-19(20)21(26-22)23-10-9-18-6-5-11-27-18/h3-8,11-14H,9-10H2,1-2H3,(H2,23,24,25,26). The van der Waals surface area contributed by atoms with Gasteiger partial charge in [0.05, 0.1) is 5.52 Å². The molecule has 0 aliphatic heterocycles. The maximum absolute atomic E-state index is 4.74. The molecule has 4 aromatic rings. The summed E-state index contributed by atoms with van der Waals surface area (Å²) in [6.45, 7) is 5.03. The average Bonchev–Trinajstić information content (AvgIpc) is 3.14. The molecule has 0 spiro atoms. The van der Waals surface area contributed by atoms with Crippen LogP contribution in [0.5, 0.6) is 0 Å². The topological polar surface area (TPSA) is 49.8 Å². The minimum Gasteiger partial charge on any atom is -0.369 e. The number of nitrogens with zero attached hydrogens (tertiary/aromatic N) is 2. The van der Waals surface area contributed by atoms with Gasteiger partial charge >= 0.3 is 0 Å². The first kappa shape index (κ1) is 17.5. The predicted molar refractivity (Wildman–Crippen MR) is 115 cm³/mol. The van der Waals surface area contributed by atoms with Crippen LogP contribution in [0.15, 0.2) is 60.0 Å². The summed E-state index contributed by atoms with van der Waals surface area (Å²) < 4.78 is 0. The smallest absolute Gasteiger partial charge is 0.229 e. The van der Waals surface area contributed by atoms with E-state index in [9.17, 15) is 0 Å². The number of hydrogen-bond acceptors (Lipinski definition) is 5. The van der Waals surface area contributed by atoms with Crippen LogP contribution in [0.4, 0.5) is 17.5 Å². The lowest BCUT2D eigenvalue weighted by atomic mass is 10.1. The van der Waals surface area contributed by atoms with Crippen molar-refractivity contribution in [2.75, 3.05) is 17.2 Å². The normalized spacial score (nSPS) is 10.9. The molecule has 0 amide bonds. The molecule has 4 nitrogen and oxygen atoms in total. The number of aryl methyl sites for hydroxylation is 2. The van der Waals surface area contributed by atoms with Gasteiger partial charge in [0, 0.05) is 22.5 Å². The second kappa shape index (κ2) is 7.76. The molecule has 0 aliphatic rings.